The highest BCUT2D eigenvalue weighted by Gasteiger charge is 2.28. The molecule has 9 heteroatoms. The molecular formula is C23H15F2N7. The molecule has 32 heavy (non-hydrogen) atoms. The first-order chi connectivity index (χ1) is 15.3. The minimum Gasteiger partial charge on any atom is -0.273 e. The van der Waals surface area contributed by atoms with Crippen LogP contribution >= 0.6 is 0 Å². The van der Waals surface area contributed by atoms with Crippen LogP contribution in [0.1, 0.15) is 36.6 Å². The summed E-state index contributed by atoms with van der Waals surface area (Å²) in [6, 6.07) is 16.7. The normalized spacial score (nSPS) is 11.1. The Morgan fingerprint density at radius 1 is 0.875 bits per heavy atom. The summed E-state index contributed by atoms with van der Waals surface area (Å²) in [5.41, 5.74) is 1.04. The van der Waals surface area contributed by atoms with E-state index in [0.29, 0.717) is 22.9 Å². The molecule has 7 nitrogen and oxygen atoms in total. The first-order valence-corrected chi connectivity index (χ1v) is 9.50. The van der Waals surface area contributed by atoms with Gasteiger partial charge in [-0.3, -0.25) is 9.55 Å². The highest BCUT2D eigenvalue weighted by molar-refractivity contribution is 5.59. The van der Waals surface area contributed by atoms with Crippen molar-refractivity contribution < 1.29 is 8.78 Å². The summed E-state index contributed by atoms with van der Waals surface area (Å²) in [5, 5.41) is 18.5. The van der Waals surface area contributed by atoms with Crippen LogP contribution in [-0.2, 0) is 5.41 Å². The van der Waals surface area contributed by atoms with Crippen LogP contribution in [0.2, 0.25) is 0 Å². The lowest BCUT2D eigenvalue weighted by Gasteiger charge is -2.24. The van der Waals surface area contributed by atoms with Gasteiger partial charge >= 0.3 is 0 Å². The second-order valence-corrected chi connectivity index (χ2v) is 7.42. The van der Waals surface area contributed by atoms with Gasteiger partial charge in [-0.1, -0.05) is 12.1 Å². The zero-order chi connectivity index (χ0) is 22.9. The topological polar surface area (TPSA) is 104 Å². The van der Waals surface area contributed by atoms with Crippen molar-refractivity contribution in [3.05, 3.63) is 89.5 Å². The molecule has 156 valence electrons. The molecule has 0 unspecified atom stereocenters. The zero-order valence-corrected chi connectivity index (χ0v) is 17.1. The fourth-order valence-corrected chi connectivity index (χ4v) is 3.28. The third-order valence-corrected chi connectivity index (χ3v) is 5.08. The van der Waals surface area contributed by atoms with Gasteiger partial charge in [-0.15, -0.1) is 0 Å². The third-order valence-electron chi connectivity index (χ3n) is 5.08. The Hall–Kier alpha value is -4.50. The summed E-state index contributed by atoms with van der Waals surface area (Å²) < 4.78 is 28.8. The van der Waals surface area contributed by atoms with E-state index in [4.69, 9.17) is 5.26 Å². The number of hydrogen-bond donors (Lipinski definition) is 0. The van der Waals surface area contributed by atoms with Crippen molar-refractivity contribution in [3.8, 4) is 29.2 Å². The standard InChI is InChI=1S/C23H15F2N7/c1-23(2,18-6-3-5-15(29-18)14-9-10-20(24)31-22(14)25)19-7-4-8-21(30-19)32-13-28-16(11-26)17(32)12-27/h3-10,13H,1-2H3. The second-order valence-electron chi connectivity index (χ2n) is 7.42. The molecule has 0 fully saturated rings. The largest absolute Gasteiger partial charge is 0.273 e. The lowest BCUT2D eigenvalue weighted by molar-refractivity contribution is 0.514. The smallest absolute Gasteiger partial charge is 0.224 e. The van der Waals surface area contributed by atoms with Crippen LogP contribution in [-0.4, -0.2) is 24.5 Å². The molecule has 0 saturated heterocycles. The van der Waals surface area contributed by atoms with Crippen molar-refractivity contribution in [2.24, 2.45) is 0 Å². The van der Waals surface area contributed by atoms with Gasteiger partial charge in [0.25, 0.3) is 0 Å². The third kappa shape index (κ3) is 3.57. The van der Waals surface area contributed by atoms with E-state index in [1.807, 2.05) is 32.1 Å². The number of aromatic nitrogens is 5. The van der Waals surface area contributed by atoms with E-state index in [1.54, 1.807) is 30.3 Å². The average molecular weight is 427 g/mol. The van der Waals surface area contributed by atoms with Crippen LogP contribution in [0.5, 0.6) is 0 Å². The summed E-state index contributed by atoms with van der Waals surface area (Å²) in [6.07, 6.45) is 1.37. The molecule has 0 aliphatic carbocycles. The molecule has 0 aliphatic rings. The quantitative estimate of drug-likeness (QED) is 0.455. The number of halogens is 2. The minimum atomic E-state index is -0.940. The summed E-state index contributed by atoms with van der Waals surface area (Å²) in [4.78, 5) is 16.4. The molecule has 0 bridgehead atoms. The van der Waals surface area contributed by atoms with Gasteiger partial charge in [0.15, 0.2) is 11.4 Å². The second kappa shape index (κ2) is 7.97. The van der Waals surface area contributed by atoms with E-state index in [9.17, 15) is 14.0 Å². The van der Waals surface area contributed by atoms with E-state index in [-0.39, 0.29) is 17.0 Å². The van der Waals surface area contributed by atoms with E-state index >= 15 is 0 Å². The fraction of sp³-hybridized carbons (Fsp3) is 0.130. The fourth-order valence-electron chi connectivity index (χ4n) is 3.28. The molecule has 0 atom stereocenters. The molecule has 0 aromatic carbocycles. The van der Waals surface area contributed by atoms with E-state index in [2.05, 4.69) is 19.9 Å². The zero-order valence-electron chi connectivity index (χ0n) is 17.1. The van der Waals surface area contributed by atoms with Gasteiger partial charge in [-0.25, -0.2) is 9.97 Å². The number of hydrogen-bond acceptors (Lipinski definition) is 6. The first-order valence-electron chi connectivity index (χ1n) is 9.50. The lowest BCUT2D eigenvalue weighted by Crippen LogP contribution is -2.23. The Morgan fingerprint density at radius 2 is 1.59 bits per heavy atom. The average Bonchev–Trinajstić information content (AvgIpc) is 3.22. The molecule has 4 heterocycles. The lowest BCUT2D eigenvalue weighted by atomic mass is 9.84. The highest BCUT2D eigenvalue weighted by atomic mass is 19.1. The van der Waals surface area contributed by atoms with Crippen molar-refractivity contribution in [3.63, 3.8) is 0 Å². The van der Waals surface area contributed by atoms with E-state index < -0.39 is 17.3 Å². The van der Waals surface area contributed by atoms with Gasteiger partial charge in [0.2, 0.25) is 11.9 Å². The van der Waals surface area contributed by atoms with Crippen LogP contribution in [0.15, 0.2) is 54.9 Å². The molecule has 0 radical (unpaired) electrons. The maximum absolute atomic E-state index is 14.2. The molecule has 4 aromatic rings. The van der Waals surface area contributed by atoms with Gasteiger partial charge < -0.3 is 0 Å². The van der Waals surface area contributed by atoms with Crippen LogP contribution in [0.25, 0.3) is 17.1 Å². The van der Waals surface area contributed by atoms with Crippen molar-refractivity contribution in [2.75, 3.05) is 0 Å². The number of rotatable bonds is 4. The van der Waals surface area contributed by atoms with Crippen molar-refractivity contribution in [1.82, 2.24) is 24.5 Å². The molecule has 4 rings (SSSR count). The monoisotopic (exact) mass is 427 g/mol. The summed E-state index contributed by atoms with van der Waals surface area (Å²) in [5.74, 6) is -1.42. The van der Waals surface area contributed by atoms with Crippen molar-refractivity contribution >= 4 is 0 Å². The number of imidazole rings is 1. The van der Waals surface area contributed by atoms with Gasteiger partial charge in [0.05, 0.1) is 22.6 Å². The predicted octanol–water partition coefficient (Wildman–Crippen LogP) is 4.07. The molecule has 0 spiro atoms. The summed E-state index contributed by atoms with van der Waals surface area (Å²) in [6.45, 7) is 3.81. The van der Waals surface area contributed by atoms with Gasteiger partial charge in [0.1, 0.15) is 24.3 Å². The predicted molar refractivity (Wildman–Crippen MR) is 110 cm³/mol. The SMILES string of the molecule is CC(C)(c1cccc(-c2ccc(F)nc2F)n1)c1cccc(-n2cnc(C#N)c2C#N)n1. The molecule has 0 amide bonds. The maximum Gasteiger partial charge on any atom is 0.224 e. The number of pyridine rings is 3. The molecule has 4 aromatic heterocycles. The van der Waals surface area contributed by atoms with E-state index in [0.717, 1.165) is 6.07 Å². The van der Waals surface area contributed by atoms with Gasteiger partial charge in [-0.05, 0) is 50.2 Å². The van der Waals surface area contributed by atoms with E-state index in [1.165, 1.54) is 17.0 Å². The van der Waals surface area contributed by atoms with Crippen LogP contribution in [0.4, 0.5) is 8.78 Å². The number of nitrogens with zero attached hydrogens (tertiary/aromatic N) is 7. The highest BCUT2D eigenvalue weighted by Crippen LogP contribution is 2.31. The van der Waals surface area contributed by atoms with Gasteiger partial charge in [0, 0.05) is 5.41 Å². The Kier molecular flexibility index (Phi) is 5.17. The van der Waals surface area contributed by atoms with Crippen molar-refractivity contribution in [1.29, 1.82) is 10.5 Å². The van der Waals surface area contributed by atoms with Crippen LogP contribution in [0, 0.1) is 34.6 Å². The summed E-state index contributed by atoms with van der Waals surface area (Å²) in [7, 11) is 0. The Balaban J connectivity index is 1.77. The molecular weight excluding hydrogens is 412 g/mol. The Labute approximate surface area is 182 Å². The summed E-state index contributed by atoms with van der Waals surface area (Å²) >= 11 is 0. The minimum absolute atomic E-state index is 0.0169. The van der Waals surface area contributed by atoms with Crippen LogP contribution < -0.4 is 0 Å². The van der Waals surface area contributed by atoms with Gasteiger partial charge in [-0.2, -0.15) is 24.3 Å². The Bertz CT molecular complexity index is 1410. The van der Waals surface area contributed by atoms with Crippen LogP contribution in [0.3, 0.4) is 0 Å². The molecule has 0 saturated carbocycles. The maximum atomic E-state index is 14.2. The molecule has 0 N–H and O–H groups in total. The molecule has 0 aliphatic heterocycles. The number of nitriles is 2. The van der Waals surface area contributed by atoms with Crippen molar-refractivity contribution in [2.45, 2.75) is 19.3 Å². The first kappa shape index (κ1) is 20.8. The Morgan fingerprint density at radius 3 is 2.28 bits per heavy atom.